The monoisotopic (exact) mass is 392 g/mol. The van der Waals surface area contributed by atoms with E-state index in [2.05, 4.69) is 19.2 Å². The van der Waals surface area contributed by atoms with E-state index in [4.69, 9.17) is 0 Å². The van der Waals surface area contributed by atoms with Crippen LogP contribution in [0.2, 0.25) is 0 Å². The van der Waals surface area contributed by atoms with Gasteiger partial charge in [0, 0.05) is 23.7 Å². The lowest BCUT2D eigenvalue weighted by Crippen LogP contribution is -2.42. The van der Waals surface area contributed by atoms with Crippen molar-refractivity contribution in [3.8, 4) is 0 Å². The van der Waals surface area contributed by atoms with Gasteiger partial charge in [-0.05, 0) is 54.0 Å². The Morgan fingerprint density at radius 1 is 1.15 bits per heavy atom. The molecule has 1 amide bonds. The quantitative estimate of drug-likeness (QED) is 0.845. The van der Waals surface area contributed by atoms with Gasteiger partial charge in [-0.15, -0.1) is 11.3 Å². The third-order valence-electron chi connectivity index (χ3n) is 4.53. The normalized spacial score (nSPS) is 21.5. The Labute approximate surface area is 159 Å². The van der Waals surface area contributed by atoms with Crippen LogP contribution in [0.3, 0.4) is 0 Å². The minimum Gasteiger partial charge on any atom is -0.326 e. The Morgan fingerprint density at radius 3 is 2.38 bits per heavy atom. The van der Waals surface area contributed by atoms with Gasteiger partial charge in [0.2, 0.25) is 15.9 Å². The van der Waals surface area contributed by atoms with Crippen LogP contribution in [0.5, 0.6) is 0 Å². The number of carbonyl (C=O) groups is 1. The molecule has 0 radical (unpaired) electrons. The third-order valence-corrected chi connectivity index (χ3v) is 7.25. The summed E-state index contributed by atoms with van der Waals surface area (Å²) in [6, 6.07) is 10.3. The number of nitrogens with zero attached hydrogens (tertiary/aromatic N) is 1. The molecule has 1 aromatic carbocycles. The molecule has 140 valence electrons. The second-order valence-electron chi connectivity index (χ2n) is 7.10. The fourth-order valence-electron chi connectivity index (χ4n) is 3.44. The smallest absolute Gasteiger partial charge is 0.243 e. The first-order valence-electron chi connectivity index (χ1n) is 8.77. The Morgan fingerprint density at radius 2 is 1.81 bits per heavy atom. The number of thiophene rings is 1. The van der Waals surface area contributed by atoms with Crippen molar-refractivity contribution in [1.29, 1.82) is 0 Å². The van der Waals surface area contributed by atoms with Gasteiger partial charge >= 0.3 is 0 Å². The molecule has 3 rings (SSSR count). The number of anilines is 1. The van der Waals surface area contributed by atoms with Gasteiger partial charge in [-0.1, -0.05) is 19.9 Å². The first kappa shape index (κ1) is 19.1. The predicted molar refractivity (Wildman–Crippen MR) is 105 cm³/mol. The van der Waals surface area contributed by atoms with E-state index in [1.165, 1.54) is 11.3 Å². The molecule has 0 saturated carbocycles. The molecule has 1 aliphatic heterocycles. The molecule has 1 saturated heterocycles. The minimum absolute atomic E-state index is 0.110. The molecule has 0 aliphatic carbocycles. The molecule has 1 N–H and O–H groups in total. The maximum absolute atomic E-state index is 12.9. The number of hydrogen-bond acceptors (Lipinski definition) is 4. The van der Waals surface area contributed by atoms with Crippen molar-refractivity contribution >= 4 is 33.0 Å². The summed E-state index contributed by atoms with van der Waals surface area (Å²) in [6.45, 7) is 5.30. The summed E-state index contributed by atoms with van der Waals surface area (Å²) in [5.41, 5.74) is 0.603. The van der Waals surface area contributed by atoms with E-state index in [0.29, 0.717) is 37.0 Å². The maximum atomic E-state index is 12.9. The molecule has 1 aliphatic rings. The first-order chi connectivity index (χ1) is 12.3. The molecule has 5 nitrogen and oxygen atoms in total. The summed E-state index contributed by atoms with van der Waals surface area (Å²) in [7, 11) is -3.49. The van der Waals surface area contributed by atoms with Gasteiger partial charge < -0.3 is 5.32 Å². The maximum Gasteiger partial charge on any atom is 0.243 e. The molecular weight excluding hydrogens is 368 g/mol. The van der Waals surface area contributed by atoms with Crippen LogP contribution in [0.15, 0.2) is 46.7 Å². The molecule has 2 heterocycles. The van der Waals surface area contributed by atoms with Crippen molar-refractivity contribution in [1.82, 2.24) is 4.31 Å². The van der Waals surface area contributed by atoms with Gasteiger partial charge in [0.05, 0.1) is 11.3 Å². The van der Waals surface area contributed by atoms with Crippen molar-refractivity contribution in [2.75, 3.05) is 18.4 Å². The van der Waals surface area contributed by atoms with Gasteiger partial charge in [0.15, 0.2) is 0 Å². The number of piperidine rings is 1. The van der Waals surface area contributed by atoms with Crippen molar-refractivity contribution in [2.24, 2.45) is 11.8 Å². The second-order valence-corrected chi connectivity index (χ2v) is 10.1. The zero-order valence-corrected chi connectivity index (χ0v) is 16.6. The summed E-state index contributed by atoms with van der Waals surface area (Å²) in [4.78, 5) is 13.3. The minimum atomic E-state index is -3.49. The molecule has 26 heavy (non-hydrogen) atoms. The number of benzene rings is 1. The summed E-state index contributed by atoms with van der Waals surface area (Å²) >= 11 is 1.54. The summed E-state index contributed by atoms with van der Waals surface area (Å²) in [6.07, 6.45) is 1.38. The van der Waals surface area contributed by atoms with E-state index in [0.717, 1.165) is 11.3 Å². The largest absolute Gasteiger partial charge is 0.326 e. The molecular formula is C19H24N2O3S2. The van der Waals surface area contributed by atoms with E-state index >= 15 is 0 Å². The van der Waals surface area contributed by atoms with Crippen LogP contribution in [0.1, 0.15) is 25.1 Å². The van der Waals surface area contributed by atoms with Crippen LogP contribution in [0, 0.1) is 11.8 Å². The fraction of sp³-hybridized carbons (Fsp3) is 0.421. The second kappa shape index (κ2) is 7.90. The van der Waals surface area contributed by atoms with Crippen LogP contribution >= 0.6 is 11.3 Å². The zero-order valence-electron chi connectivity index (χ0n) is 15.0. The number of carbonyl (C=O) groups excluding carboxylic acids is 1. The van der Waals surface area contributed by atoms with Gasteiger partial charge in [0.25, 0.3) is 0 Å². The highest BCUT2D eigenvalue weighted by Gasteiger charge is 2.31. The average Bonchev–Trinajstić information content (AvgIpc) is 3.07. The topological polar surface area (TPSA) is 66.5 Å². The predicted octanol–water partition coefficient (Wildman–Crippen LogP) is 3.60. The molecule has 0 spiro atoms. The molecule has 2 aromatic rings. The summed E-state index contributed by atoms with van der Waals surface area (Å²) in [5.74, 6) is 0.621. The van der Waals surface area contributed by atoms with Gasteiger partial charge in [0.1, 0.15) is 0 Å². The van der Waals surface area contributed by atoms with E-state index in [1.807, 2.05) is 17.5 Å². The third kappa shape index (κ3) is 4.52. The van der Waals surface area contributed by atoms with Gasteiger partial charge in [-0.3, -0.25) is 4.79 Å². The highest BCUT2D eigenvalue weighted by Crippen LogP contribution is 2.27. The van der Waals surface area contributed by atoms with Crippen LogP contribution in [-0.2, 0) is 21.2 Å². The Kier molecular flexibility index (Phi) is 5.79. The number of nitrogens with one attached hydrogen (secondary N) is 1. The van der Waals surface area contributed by atoms with Crippen LogP contribution in [0.4, 0.5) is 5.69 Å². The lowest BCUT2D eigenvalue weighted by molar-refractivity contribution is -0.115. The molecule has 0 bridgehead atoms. The lowest BCUT2D eigenvalue weighted by Gasteiger charge is -2.34. The summed E-state index contributed by atoms with van der Waals surface area (Å²) in [5, 5.41) is 4.75. The van der Waals surface area contributed by atoms with Crippen LogP contribution in [-0.4, -0.2) is 31.7 Å². The lowest BCUT2D eigenvalue weighted by atomic mass is 9.94. The highest BCUT2D eigenvalue weighted by molar-refractivity contribution is 7.89. The van der Waals surface area contributed by atoms with Crippen LogP contribution < -0.4 is 5.32 Å². The van der Waals surface area contributed by atoms with Gasteiger partial charge in [-0.25, -0.2) is 8.42 Å². The average molecular weight is 393 g/mol. The summed E-state index contributed by atoms with van der Waals surface area (Å²) < 4.78 is 27.3. The standard InChI is InChI=1S/C19H24N2O3S2/c1-14-10-15(2)13-21(12-14)26(23,24)18-7-5-16(6-8-18)20-19(22)11-17-4-3-9-25-17/h3-9,14-15H,10-13H2,1-2H3,(H,20,22)/t14-,15+. The van der Waals surface area contributed by atoms with E-state index < -0.39 is 10.0 Å². The zero-order chi connectivity index (χ0) is 18.7. The van der Waals surface area contributed by atoms with Crippen molar-refractivity contribution in [2.45, 2.75) is 31.6 Å². The van der Waals surface area contributed by atoms with E-state index in [9.17, 15) is 13.2 Å². The highest BCUT2D eigenvalue weighted by atomic mass is 32.2. The molecule has 1 fully saturated rings. The number of amides is 1. The van der Waals surface area contributed by atoms with Crippen molar-refractivity contribution < 1.29 is 13.2 Å². The Hall–Kier alpha value is -1.70. The Bertz CT molecular complexity index is 835. The Balaban J connectivity index is 1.67. The van der Waals surface area contributed by atoms with E-state index in [1.54, 1.807) is 28.6 Å². The van der Waals surface area contributed by atoms with Crippen LogP contribution in [0.25, 0.3) is 0 Å². The number of sulfonamides is 1. The fourth-order valence-corrected chi connectivity index (χ4v) is 5.82. The van der Waals surface area contributed by atoms with Crippen molar-refractivity contribution in [3.05, 3.63) is 46.7 Å². The number of rotatable bonds is 5. The van der Waals surface area contributed by atoms with Gasteiger partial charge in [-0.2, -0.15) is 4.31 Å². The number of hydrogen-bond donors (Lipinski definition) is 1. The molecule has 7 heteroatoms. The van der Waals surface area contributed by atoms with E-state index in [-0.39, 0.29) is 10.8 Å². The SMILES string of the molecule is C[C@@H]1C[C@H](C)CN(S(=O)(=O)c2ccc(NC(=O)Cc3cccs3)cc2)C1. The molecule has 0 unspecified atom stereocenters. The molecule has 1 aromatic heterocycles. The van der Waals surface area contributed by atoms with Crippen molar-refractivity contribution in [3.63, 3.8) is 0 Å². The first-order valence-corrected chi connectivity index (χ1v) is 11.1. The molecule has 2 atom stereocenters.